The molecular formula is C17H24N2O. The van der Waals surface area contributed by atoms with Crippen LogP contribution in [0.4, 0.5) is 5.69 Å². The minimum atomic E-state index is 0.0595. The number of likely N-dealkylation sites (tertiary alicyclic amines) is 1. The van der Waals surface area contributed by atoms with Gasteiger partial charge in [0.25, 0.3) is 0 Å². The Labute approximate surface area is 121 Å². The third kappa shape index (κ3) is 2.82. The van der Waals surface area contributed by atoms with Crippen molar-refractivity contribution in [2.75, 3.05) is 24.5 Å². The second-order valence-electron chi connectivity index (χ2n) is 5.93. The van der Waals surface area contributed by atoms with Gasteiger partial charge in [0.05, 0.1) is 0 Å². The smallest absolute Gasteiger partial charge is 0.245 e. The lowest BCUT2D eigenvalue weighted by Gasteiger charge is -2.40. The number of carbonyl (C=O) groups is 1. The summed E-state index contributed by atoms with van der Waals surface area (Å²) in [4.78, 5) is 17.2. The van der Waals surface area contributed by atoms with Crippen LogP contribution in [0, 0.1) is 0 Å². The van der Waals surface area contributed by atoms with E-state index in [-0.39, 0.29) is 6.04 Å². The first-order valence-electron chi connectivity index (χ1n) is 7.97. The van der Waals surface area contributed by atoms with Gasteiger partial charge in [0.1, 0.15) is 6.04 Å². The van der Waals surface area contributed by atoms with Crippen LogP contribution in [-0.2, 0) is 4.79 Å². The van der Waals surface area contributed by atoms with Crippen molar-refractivity contribution < 1.29 is 4.79 Å². The lowest BCUT2D eigenvalue weighted by molar-refractivity contribution is -0.134. The van der Waals surface area contributed by atoms with Gasteiger partial charge in [0.15, 0.2) is 0 Å². The monoisotopic (exact) mass is 272 g/mol. The number of rotatable bonds is 2. The van der Waals surface area contributed by atoms with Gasteiger partial charge in [-0.25, -0.2) is 0 Å². The lowest BCUT2D eigenvalue weighted by atomic mass is 9.98. The summed E-state index contributed by atoms with van der Waals surface area (Å²) in [6.45, 7) is 2.92. The van der Waals surface area contributed by atoms with E-state index >= 15 is 0 Å². The van der Waals surface area contributed by atoms with Crippen LogP contribution in [-0.4, -0.2) is 36.5 Å². The van der Waals surface area contributed by atoms with E-state index in [9.17, 15) is 4.79 Å². The molecule has 2 saturated heterocycles. The Morgan fingerprint density at radius 2 is 1.60 bits per heavy atom. The number of piperidine rings is 2. The third-order valence-electron chi connectivity index (χ3n) is 4.54. The maximum Gasteiger partial charge on any atom is 0.245 e. The van der Waals surface area contributed by atoms with E-state index in [1.165, 1.54) is 37.8 Å². The molecule has 0 aliphatic carbocycles. The number of amides is 1. The van der Waals surface area contributed by atoms with Crippen LogP contribution in [0.1, 0.15) is 38.5 Å². The lowest BCUT2D eigenvalue weighted by Crippen LogP contribution is -2.52. The van der Waals surface area contributed by atoms with Gasteiger partial charge in [-0.05, 0) is 50.7 Å². The van der Waals surface area contributed by atoms with Gasteiger partial charge in [-0.3, -0.25) is 4.79 Å². The molecule has 2 heterocycles. The fraction of sp³-hybridized carbons (Fsp3) is 0.588. The molecule has 0 aromatic heterocycles. The first-order valence-corrected chi connectivity index (χ1v) is 7.97. The molecule has 0 spiro atoms. The number of hydrogen-bond donors (Lipinski definition) is 0. The highest BCUT2D eigenvalue weighted by molar-refractivity contribution is 5.85. The molecule has 3 rings (SSSR count). The van der Waals surface area contributed by atoms with E-state index in [1.54, 1.807) is 0 Å². The standard InChI is InChI=1S/C17H24N2O/c20-17(18-12-6-2-7-13-18)16-11-5-8-14-19(16)15-9-3-1-4-10-15/h1,3-4,9-10,16H,2,5-8,11-14H2/t16-/m0/s1. The van der Waals surface area contributed by atoms with E-state index in [0.29, 0.717) is 5.91 Å². The van der Waals surface area contributed by atoms with Crippen molar-refractivity contribution in [3.63, 3.8) is 0 Å². The van der Waals surface area contributed by atoms with Crippen molar-refractivity contribution in [1.82, 2.24) is 4.90 Å². The molecule has 1 aromatic carbocycles. The fourth-order valence-electron chi connectivity index (χ4n) is 3.44. The van der Waals surface area contributed by atoms with Crippen molar-refractivity contribution in [2.24, 2.45) is 0 Å². The van der Waals surface area contributed by atoms with Gasteiger partial charge in [-0.15, -0.1) is 0 Å². The maximum absolute atomic E-state index is 12.8. The van der Waals surface area contributed by atoms with E-state index in [0.717, 1.165) is 26.1 Å². The molecule has 1 atom stereocenters. The molecule has 0 N–H and O–H groups in total. The third-order valence-corrected chi connectivity index (χ3v) is 4.54. The number of benzene rings is 1. The highest BCUT2D eigenvalue weighted by Gasteiger charge is 2.32. The molecule has 108 valence electrons. The average Bonchev–Trinajstić information content (AvgIpc) is 2.56. The summed E-state index contributed by atoms with van der Waals surface area (Å²) in [6, 6.07) is 10.5. The van der Waals surface area contributed by atoms with Crippen molar-refractivity contribution in [3.8, 4) is 0 Å². The molecule has 0 saturated carbocycles. The summed E-state index contributed by atoms with van der Waals surface area (Å²) in [5, 5.41) is 0. The summed E-state index contributed by atoms with van der Waals surface area (Å²) in [6.07, 6.45) is 6.99. The van der Waals surface area contributed by atoms with Crippen LogP contribution < -0.4 is 4.90 Å². The van der Waals surface area contributed by atoms with Crippen molar-refractivity contribution >= 4 is 11.6 Å². The second-order valence-corrected chi connectivity index (χ2v) is 5.93. The molecule has 0 unspecified atom stereocenters. The molecule has 3 heteroatoms. The topological polar surface area (TPSA) is 23.6 Å². The zero-order valence-electron chi connectivity index (χ0n) is 12.1. The number of nitrogens with zero attached hydrogens (tertiary/aromatic N) is 2. The Bertz CT molecular complexity index is 440. The highest BCUT2D eigenvalue weighted by atomic mass is 16.2. The maximum atomic E-state index is 12.8. The van der Waals surface area contributed by atoms with Crippen molar-refractivity contribution in [2.45, 2.75) is 44.6 Å². The predicted octanol–water partition coefficient (Wildman–Crippen LogP) is 3.06. The summed E-state index contributed by atoms with van der Waals surface area (Å²) < 4.78 is 0. The molecule has 2 aliphatic heterocycles. The van der Waals surface area contributed by atoms with Gasteiger partial charge < -0.3 is 9.80 Å². The van der Waals surface area contributed by atoms with Crippen molar-refractivity contribution in [3.05, 3.63) is 30.3 Å². The normalized spacial score (nSPS) is 23.7. The number of para-hydroxylation sites is 1. The number of carbonyl (C=O) groups excluding carboxylic acids is 1. The second kappa shape index (κ2) is 6.29. The summed E-state index contributed by atoms with van der Waals surface area (Å²) in [7, 11) is 0. The summed E-state index contributed by atoms with van der Waals surface area (Å²) in [5.41, 5.74) is 1.20. The molecule has 0 radical (unpaired) electrons. The van der Waals surface area contributed by atoms with Crippen LogP contribution in [0.25, 0.3) is 0 Å². The van der Waals surface area contributed by atoms with Gasteiger partial charge >= 0.3 is 0 Å². The zero-order chi connectivity index (χ0) is 13.8. The van der Waals surface area contributed by atoms with Gasteiger partial charge in [0, 0.05) is 25.3 Å². The van der Waals surface area contributed by atoms with E-state index < -0.39 is 0 Å². The largest absolute Gasteiger partial charge is 0.360 e. The summed E-state index contributed by atoms with van der Waals surface area (Å²) in [5.74, 6) is 0.355. The Morgan fingerprint density at radius 3 is 2.35 bits per heavy atom. The SMILES string of the molecule is O=C([C@@H]1CCCCN1c1ccccc1)N1CCCCC1. The summed E-state index contributed by atoms with van der Waals surface area (Å²) >= 11 is 0. The average molecular weight is 272 g/mol. The fourth-order valence-corrected chi connectivity index (χ4v) is 3.44. The van der Waals surface area contributed by atoms with Crippen LogP contribution in [0.3, 0.4) is 0 Å². The number of hydrogen-bond acceptors (Lipinski definition) is 2. The van der Waals surface area contributed by atoms with Crippen LogP contribution >= 0.6 is 0 Å². The zero-order valence-corrected chi connectivity index (χ0v) is 12.1. The first kappa shape index (κ1) is 13.5. The van der Waals surface area contributed by atoms with Crippen LogP contribution in [0.5, 0.6) is 0 Å². The van der Waals surface area contributed by atoms with Crippen LogP contribution in [0.2, 0.25) is 0 Å². The minimum absolute atomic E-state index is 0.0595. The predicted molar refractivity (Wildman–Crippen MR) is 81.9 cm³/mol. The molecule has 1 aromatic rings. The van der Waals surface area contributed by atoms with Gasteiger partial charge in [-0.2, -0.15) is 0 Å². The molecule has 3 nitrogen and oxygen atoms in total. The molecule has 1 amide bonds. The molecule has 2 aliphatic rings. The quantitative estimate of drug-likeness (QED) is 0.826. The molecule has 20 heavy (non-hydrogen) atoms. The Balaban J connectivity index is 1.76. The highest BCUT2D eigenvalue weighted by Crippen LogP contribution is 2.26. The van der Waals surface area contributed by atoms with Crippen molar-refractivity contribution in [1.29, 1.82) is 0 Å². The Morgan fingerprint density at radius 1 is 0.900 bits per heavy atom. The Hall–Kier alpha value is -1.51. The van der Waals surface area contributed by atoms with Gasteiger partial charge in [-0.1, -0.05) is 18.2 Å². The molecule has 2 fully saturated rings. The van der Waals surface area contributed by atoms with E-state index in [1.807, 2.05) is 6.07 Å². The number of anilines is 1. The van der Waals surface area contributed by atoms with Gasteiger partial charge in [0.2, 0.25) is 5.91 Å². The van der Waals surface area contributed by atoms with E-state index in [2.05, 4.69) is 34.1 Å². The van der Waals surface area contributed by atoms with Crippen LogP contribution in [0.15, 0.2) is 30.3 Å². The first-order chi connectivity index (χ1) is 9.86. The Kier molecular flexibility index (Phi) is 4.24. The molecule has 0 bridgehead atoms. The minimum Gasteiger partial charge on any atom is -0.360 e. The molecular weight excluding hydrogens is 248 g/mol. The van der Waals surface area contributed by atoms with E-state index in [4.69, 9.17) is 0 Å².